The third-order valence-corrected chi connectivity index (χ3v) is 3.54. The lowest BCUT2D eigenvalue weighted by Crippen LogP contribution is -2.22. The Kier molecular flexibility index (Phi) is 3.19. The Morgan fingerprint density at radius 3 is 3.07 bits per heavy atom. The fourth-order valence-corrected chi connectivity index (χ4v) is 2.49. The molecule has 0 amide bonds. The van der Waals surface area contributed by atoms with Gasteiger partial charge in [0, 0.05) is 17.3 Å². The highest BCUT2D eigenvalue weighted by Gasteiger charge is 2.03. The van der Waals surface area contributed by atoms with Crippen LogP contribution in [0.4, 0.5) is 0 Å². The van der Waals surface area contributed by atoms with Gasteiger partial charge in [-0.15, -0.1) is 17.9 Å². The summed E-state index contributed by atoms with van der Waals surface area (Å²) in [6.45, 7) is 6.79. The summed E-state index contributed by atoms with van der Waals surface area (Å²) >= 11 is 1.81. The van der Waals surface area contributed by atoms with Crippen LogP contribution in [0, 0.1) is 0 Å². The predicted octanol–water partition coefficient (Wildman–Crippen LogP) is 3.57. The van der Waals surface area contributed by atoms with Crippen molar-refractivity contribution in [3.05, 3.63) is 47.9 Å². The zero-order valence-electron chi connectivity index (χ0n) is 8.86. The molecule has 0 spiro atoms. The van der Waals surface area contributed by atoms with E-state index in [2.05, 4.69) is 48.5 Å². The van der Waals surface area contributed by atoms with Gasteiger partial charge in [-0.1, -0.05) is 24.3 Å². The fraction of sp³-hybridized carbons (Fsp3) is 0.231. The van der Waals surface area contributed by atoms with E-state index in [4.69, 9.17) is 0 Å². The first-order valence-electron chi connectivity index (χ1n) is 5.12. The summed E-state index contributed by atoms with van der Waals surface area (Å²) in [7, 11) is 0. The van der Waals surface area contributed by atoms with Crippen LogP contribution in [0.3, 0.4) is 0 Å². The largest absolute Gasteiger partial charge is 0.307 e. The highest BCUT2D eigenvalue weighted by molar-refractivity contribution is 7.17. The molecule has 0 aliphatic carbocycles. The molecule has 1 unspecified atom stereocenters. The molecular formula is C13H15NS. The summed E-state index contributed by atoms with van der Waals surface area (Å²) in [5.74, 6) is 0. The van der Waals surface area contributed by atoms with E-state index in [1.807, 2.05) is 17.4 Å². The Labute approximate surface area is 94.4 Å². The summed E-state index contributed by atoms with van der Waals surface area (Å²) in [5.41, 5.74) is 1.38. The molecule has 1 nitrogen and oxygen atoms in total. The van der Waals surface area contributed by atoms with Crippen molar-refractivity contribution < 1.29 is 0 Å². The molecule has 0 aliphatic heterocycles. The van der Waals surface area contributed by atoms with Gasteiger partial charge in [0.15, 0.2) is 0 Å². The number of fused-ring (bicyclic) bond motifs is 1. The fourth-order valence-electron chi connectivity index (χ4n) is 1.52. The molecule has 2 rings (SSSR count). The smallest absolute Gasteiger partial charge is 0.0346 e. The Hall–Kier alpha value is -1.12. The van der Waals surface area contributed by atoms with Gasteiger partial charge in [0.1, 0.15) is 0 Å². The molecule has 0 fully saturated rings. The Morgan fingerprint density at radius 2 is 2.27 bits per heavy atom. The molecule has 1 heterocycles. The maximum atomic E-state index is 3.76. The van der Waals surface area contributed by atoms with Crippen LogP contribution in [0.1, 0.15) is 12.5 Å². The predicted molar refractivity (Wildman–Crippen MR) is 68.3 cm³/mol. The monoisotopic (exact) mass is 217 g/mol. The minimum Gasteiger partial charge on any atom is -0.307 e. The van der Waals surface area contributed by atoms with Crippen molar-refractivity contribution in [2.75, 3.05) is 0 Å². The number of hydrogen-bond donors (Lipinski definition) is 1. The van der Waals surface area contributed by atoms with Crippen LogP contribution in [0.5, 0.6) is 0 Å². The molecule has 2 aromatic rings. The van der Waals surface area contributed by atoms with Crippen molar-refractivity contribution in [2.24, 2.45) is 0 Å². The van der Waals surface area contributed by atoms with Crippen LogP contribution in [0.2, 0.25) is 0 Å². The summed E-state index contributed by atoms with van der Waals surface area (Å²) < 4.78 is 1.36. The van der Waals surface area contributed by atoms with Gasteiger partial charge in [0.05, 0.1) is 0 Å². The van der Waals surface area contributed by atoms with E-state index in [1.165, 1.54) is 15.6 Å². The van der Waals surface area contributed by atoms with Crippen molar-refractivity contribution in [3.8, 4) is 0 Å². The summed E-state index contributed by atoms with van der Waals surface area (Å²) in [6, 6.07) is 8.89. The van der Waals surface area contributed by atoms with Gasteiger partial charge < -0.3 is 5.32 Å². The molecule has 1 atom stereocenters. The molecule has 1 N–H and O–H groups in total. The normalized spacial score (nSPS) is 12.9. The van der Waals surface area contributed by atoms with Gasteiger partial charge >= 0.3 is 0 Å². The molecular weight excluding hydrogens is 202 g/mol. The molecule has 0 bridgehead atoms. The number of hydrogen-bond acceptors (Lipinski definition) is 2. The van der Waals surface area contributed by atoms with Gasteiger partial charge in [0.25, 0.3) is 0 Å². The second-order valence-electron chi connectivity index (χ2n) is 3.66. The number of nitrogens with one attached hydrogen (secondary N) is 1. The molecule has 2 heteroatoms. The zero-order valence-corrected chi connectivity index (χ0v) is 9.68. The van der Waals surface area contributed by atoms with Crippen LogP contribution in [-0.2, 0) is 6.54 Å². The molecule has 0 saturated carbocycles. The number of benzene rings is 1. The highest BCUT2D eigenvalue weighted by Crippen LogP contribution is 2.25. The van der Waals surface area contributed by atoms with Crippen molar-refractivity contribution >= 4 is 21.4 Å². The molecule has 1 aromatic carbocycles. The van der Waals surface area contributed by atoms with Crippen molar-refractivity contribution in [2.45, 2.75) is 19.5 Å². The second kappa shape index (κ2) is 4.60. The van der Waals surface area contributed by atoms with Crippen LogP contribution < -0.4 is 5.32 Å². The minimum absolute atomic E-state index is 0.365. The summed E-state index contributed by atoms with van der Waals surface area (Å²) in [6.07, 6.45) is 1.93. The maximum absolute atomic E-state index is 3.76. The van der Waals surface area contributed by atoms with Crippen LogP contribution in [0.15, 0.2) is 42.3 Å². The van der Waals surface area contributed by atoms with Crippen molar-refractivity contribution in [1.82, 2.24) is 5.32 Å². The first kappa shape index (κ1) is 10.4. The van der Waals surface area contributed by atoms with E-state index in [-0.39, 0.29) is 0 Å². The lowest BCUT2D eigenvalue weighted by atomic mass is 10.2. The van der Waals surface area contributed by atoms with Gasteiger partial charge in [-0.05, 0) is 29.3 Å². The van der Waals surface area contributed by atoms with E-state index >= 15 is 0 Å². The third-order valence-electron chi connectivity index (χ3n) is 2.53. The summed E-state index contributed by atoms with van der Waals surface area (Å²) in [5, 5.41) is 7.01. The van der Waals surface area contributed by atoms with E-state index in [0.717, 1.165) is 6.54 Å². The quantitative estimate of drug-likeness (QED) is 0.772. The summed E-state index contributed by atoms with van der Waals surface area (Å²) in [4.78, 5) is 0. The van der Waals surface area contributed by atoms with Gasteiger partial charge in [-0.3, -0.25) is 0 Å². The third kappa shape index (κ3) is 2.28. The van der Waals surface area contributed by atoms with Crippen LogP contribution in [-0.4, -0.2) is 6.04 Å². The standard InChI is InChI=1S/C13H15NS/c1-3-10(2)14-8-11-9-15-13-7-5-4-6-12(11)13/h3-7,9-10,14H,1,8H2,2H3. The van der Waals surface area contributed by atoms with E-state index in [1.54, 1.807) is 0 Å². The zero-order chi connectivity index (χ0) is 10.7. The lowest BCUT2D eigenvalue weighted by Gasteiger charge is -2.07. The minimum atomic E-state index is 0.365. The number of rotatable bonds is 4. The molecule has 0 radical (unpaired) electrons. The first-order chi connectivity index (χ1) is 7.31. The second-order valence-corrected chi connectivity index (χ2v) is 4.57. The Morgan fingerprint density at radius 1 is 1.47 bits per heavy atom. The van der Waals surface area contributed by atoms with Crippen LogP contribution >= 0.6 is 11.3 Å². The van der Waals surface area contributed by atoms with Crippen molar-refractivity contribution in [3.63, 3.8) is 0 Å². The Balaban J connectivity index is 2.18. The van der Waals surface area contributed by atoms with E-state index in [0.29, 0.717) is 6.04 Å². The maximum Gasteiger partial charge on any atom is 0.0346 e. The topological polar surface area (TPSA) is 12.0 Å². The molecule has 0 saturated heterocycles. The molecule has 15 heavy (non-hydrogen) atoms. The lowest BCUT2D eigenvalue weighted by molar-refractivity contribution is 0.637. The Bertz CT molecular complexity index is 458. The average molecular weight is 217 g/mol. The van der Waals surface area contributed by atoms with Gasteiger partial charge in [0.2, 0.25) is 0 Å². The van der Waals surface area contributed by atoms with Crippen LogP contribution in [0.25, 0.3) is 10.1 Å². The number of thiophene rings is 1. The highest BCUT2D eigenvalue weighted by atomic mass is 32.1. The molecule has 0 aliphatic rings. The van der Waals surface area contributed by atoms with Crippen molar-refractivity contribution in [1.29, 1.82) is 0 Å². The first-order valence-corrected chi connectivity index (χ1v) is 6.00. The van der Waals surface area contributed by atoms with E-state index < -0.39 is 0 Å². The van der Waals surface area contributed by atoms with E-state index in [9.17, 15) is 0 Å². The molecule has 78 valence electrons. The van der Waals surface area contributed by atoms with Gasteiger partial charge in [-0.2, -0.15) is 0 Å². The average Bonchev–Trinajstić information content (AvgIpc) is 2.69. The molecule has 1 aromatic heterocycles. The van der Waals surface area contributed by atoms with Gasteiger partial charge in [-0.25, -0.2) is 0 Å². The SMILES string of the molecule is C=CC(C)NCc1csc2ccccc12.